The van der Waals surface area contributed by atoms with Gasteiger partial charge in [-0.1, -0.05) is 0 Å². The van der Waals surface area contributed by atoms with Crippen LogP contribution in [0.3, 0.4) is 0 Å². The van der Waals surface area contributed by atoms with Gasteiger partial charge in [-0.15, -0.1) is 0 Å². The number of ether oxygens (including phenoxy) is 1. The smallest absolute Gasteiger partial charge is 0.148 e. The molecule has 1 aromatic rings. The van der Waals surface area contributed by atoms with E-state index in [2.05, 4.69) is 24.2 Å². The van der Waals surface area contributed by atoms with Crippen LogP contribution >= 0.6 is 0 Å². The molecule has 0 amide bonds. The lowest BCUT2D eigenvalue weighted by Gasteiger charge is -2.35. The summed E-state index contributed by atoms with van der Waals surface area (Å²) in [6.45, 7) is 3.21. The Kier molecular flexibility index (Phi) is 4.14. The van der Waals surface area contributed by atoms with E-state index in [9.17, 15) is 4.39 Å². The molecule has 106 valence electrons. The zero-order valence-electron chi connectivity index (χ0n) is 11.7. The molecule has 1 heterocycles. The average Bonchev–Trinajstić information content (AvgIpc) is 2.37. The van der Waals surface area contributed by atoms with Crippen LogP contribution in [0.2, 0.25) is 0 Å². The second-order valence-electron chi connectivity index (χ2n) is 5.27. The largest absolute Gasteiger partial charge is 0.495 e. The van der Waals surface area contributed by atoms with Crippen LogP contribution in [-0.4, -0.2) is 37.7 Å². The van der Waals surface area contributed by atoms with Crippen molar-refractivity contribution in [1.82, 2.24) is 4.90 Å². The molecular weight excluding hydrogens is 245 g/mol. The van der Waals surface area contributed by atoms with Crippen LogP contribution in [-0.2, 0) is 0 Å². The van der Waals surface area contributed by atoms with E-state index in [0.29, 0.717) is 23.2 Å². The lowest BCUT2D eigenvalue weighted by atomic mass is 9.98. The fourth-order valence-corrected chi connectivity index (χ4v) is 2.50. The number of anilines is 2. The van der Waals surface area contributed by atoms with Crippen molar-refractivity contribution in [2.24, 2.45) is 0 Å². The average molecular weight is 267 g/mol. The van der Waals surface area contributed by atoms with Crippen molar-refractivity contribution in [2.75, 3.05) is 31.8 Å². The predicted molar refractivity (Wildman–Crippen MR) is 76.1 cm³/mol. The van der Waals surface area contributed by atoms with Gasteiger partial charge in [0, 0.05) is 30.8 Å². The summed E-state index contributed by atoms with van der Waals surface area (Å²) in [7, 11) is 3.65. The summed E-state index contributed by atoms with van der Waals surface area (Å²) < 4.78 is 19.0. The van der Waals surface area contributed by atoms with E-state index in [1.54, 1.807) is 6.07 Å². The van der Waals surface area contributed by atoms with E-state index >= 15 is 0 Å². The van der Waals surface area contributed by atoms with Crippen molar-refractivity contribution in [2.45, 2.75) is 31.8 Å². The van der Waals surface area contributed by atoms with Crippen LogP contribution in [0.5, 0.6) is 5.75 Å². The van der Waals surface area contributed by atoms with Crippen LogP contribution in [0, 0.1) is 5.82 Å². The predicted octanol–water partition coefficient (Wildman–Crippen LogP) is 2.31. The van der Waals surface area contributed by atoms with Gasteiger partial charge in [0.2, 0.25) is 0 Å². The minimum Gasteiger partial charge on any atom is -0.495 e. The van der Waals surface area contributed by atoms with Crippen molar-refractivity contribution < 1.29 is 9.13 Å². The molecule has 1 saturated heterocycles. The molecule has 0 spiro atoms. The number of nitrogens with zero attached hydrogens (tertiary/aromatic N) is 1. The molecule has 3 N–H and O–H groups in total. The molecule has 0 bridgehead atoms. The molecule has 0 radical (unpaired) electrons. The molecule has 4 nitrogen and oxygen atoms in total. The van der Waals surface area contributed by atoms with Crippen LogP contribution in [0.1, 0.15) is 19.8 Å². The third kappa shape index (κ3) is 3.10. The van der Waals surface area contributed by atoms with Gasteiger partial charge in [-0.25, -0.2) is 4.39 Å². The molecule has 2 unspecified atom stereocenters. The molecule has 19 heavy (non-hydrogen) atoms. The van der Waals surface area contributed by atoms with Gasteiger partial charge in [0.05, 0.1) is 18.5 Å². The standard InChI is InChI=1S/C14H22FN3O/c1-9-6-10(4-5-18(9)2)17-13-8-14(19-3)12(16)7-11(13)15/h7-10,17H,4-6,16H2,1-3H3. The number of hydrogen-bond acceptors (Lipinski definition) is 4. The summed E-state index contributed by atoms with van der Waals surface area (Å²) in [4.78, 5) is 2.32. The monoisotopic (exact) mass is 267 g/mol. The fourth-order valence-electron chi connectivity index (χ4n) is 2.50. The van der Waals surface area contributed by atoms with Gasteiger partial charge in [0.1, 0.15) is 11.6 Å². The van der Waals surface area contributed by atoms with Gasteiger partial charge >= 0.3 is 0 Å². The first-order chi connectivity index (χ1) is 9.01. The lowest BCUT2D eigenvalue weighted by molar-refractivity contribution is 0.190. The molecule has 2 rings (SSSR count). The highest BCUT2D eigenvalue weighted by atomic mass is 19.1. The van der Waals surface area contributed by atoms with E-state index < -0.39 is 0 Å². The lowest BCUT2D eigenvalue weighted by Crippen LogP contribution is -2.42. The summed E-state index contributed by atoms with van der Waals surface area (Å²) >= 11 is 0. The van der Waals surface area contributed by atoms with Crippen LogP contribution in [0.4, 0.5) is 15.8 Å². The van der Waals surface area contributed by atoms with Gasteiger partial charge < -0.3 is 20.7 Å². The quantitative estimate of drug-likeness (QED) is 0.825. The Hall–Kier alpha value is -1.49. The van der Waals surface area contributed by atoms with Gasteiger partial charge in [-0.2, -0.15) is 0 Å². The van der Waals surface area contributed by atoms with Crippen molar-refractivity contribution in [3.05, 3.63) is 17.9 Å². The number of rotatable bonds is 3. The van der Waals surface area contributed by atoms with E-state index in [4.69, 9.17) is 10.5 Å². The Morgan fingerprint density at radius 1 is 1.47 bits per heavy atom. The molecule has 1 aliphatic heterocycles. The normalized spacial score (nSPS) is 24.2. The highest BCUT2D eigenvalue weighted by molar-refractivity contribution is 5.62. The van der Waals surface area contributed by atoms with Gasteiger partial charge in [0.25, 0.3) is 0 Å². The third-order valence-electron chi connectivity index (χ3n) is 3.89. The summed E-state index contributed by atoms with van der Waals surface area (Å²) in [5, 5.41) is 3.26. The van der Waals surface area contributed by atoms with Crippen molar-refractivity contribution in [1.29, 1.82) is 0 Å². The SMILES string of the molecule is COc1cc(NC2CCN(C)C(C)C2)c(F)cc1N. The number of nitrogens with one attached hydrogen (secondary N) is 1. The molecule has 1 fully saturated rings. The molecule has 2 atom stereocenters. The summed E-state index contributed by atoms with van der Waals surface area (Å²) in [5.41, 5.74) is 6.46. The van der Waals surface area contributed by atoms with Crippen LogP contribution < -0.4 is 15.8 Å². The van der Waals surface area contributed by atoms with Crippen molar-refractivity contribution in [3.63, 3.8) is 0 Å². The Morgan fingerprint density at radius 3 is 2.84 bits per heavy atom. The topological polar surface area (TPSA) is 50.5 Å². The molecule has 5 heteroatoms. The number of hydrogen-bond donors (Lipinski definition) is 2. The van der Waals surface area contributed by atoms with E-state index in [0.717, 1.165) is 19.4 Å². The zero-order chi connectivity index (χ0) is 14.0. The first kappa shape index (κ1) is 13.9. The Balaban J connectivity index is 2.11. The zero-order valence-corrected chi connectivity index (χ0v) is 11.7. The molecule has 1 aliphatic rings. The van der Waals surface area contributed by atoms with E-state index in [1.165, 1.54) is 13.2 Å². The minimum absolute atomic E-state index is 0.286. The summed E-state index contributed by atoms with van der Waals surface area (Å²) in [6, 6.07) is 3.73. The first-order valence-corrected chi connectivity index (χ1v) is 6.61. The maximum atomic E-state index is 13.9. The molecule has 0 aliphatic carbocycles. The highest BCUT2D eigenvalue weighted by Gasteiger charge is 2.23. The third-order valence-corrected chi connectivity index (χ3v) is 3.89. The van der Waals surface area contributed by atoms with Crippen molar-refractivity contribution in [3.8, 4) is 5.75 Å². The van der Waals surface area contributed by atoms with Crippen molar-refractivity contribution >= 4 is 11.4 Å². The number of likely N-dealkylation sites (tertiary alicyclic amines) is 1. The second kappa shape index (κ2) is 5.65. The van der Waals surface area contributed by atoms with E-state index in [-0.39, 0.29) is 11.9 Å². The second-order valence-corrected chi connectivity index (χ2v) is 5.27. The molecular formula is C14H22FN3O. The Labute approximate surface area is 113 Å². The number of piperidine rings is 1. The number of benzene rings is 1. The minimum atomic E-state index is -0.329. The number of halogens is 1. The van der Waals surface area contributed by atoms with E-state index in [1.807, 2.05) is 0 Å². The van der Waals surface area contributed by atoms with Crippen LogP contribution in [0.25, 0.3) is 0 Å². The van der Waals surface area contributed by atoms with Gasteiger partial charge in [0.15, 0.2) is 0 Å². The Bertz CT molecular complexity index is 453. The number of methoxy groups -OCH3 is 1. The van der Waals surface area contributed by atoms with Gasteiger partial charge in [-0.3, -0.25) is 0 Å². The molecule has 0 aromatic heterocycles. The molecule has 0 saturated carbocycles. The number of nitrogen functional groups attached to an aromatic ring is 1. The summed E-state index contributed by atoms with van der Waals surface area (Å²) in [5.74, 6) is 0.176. The summed E-state index contributed by atoms with van der Waals surface area (Å²) in [6.07, 6.45) is 2.01. The molecule has 1 aromatic carbocycles. The van der Waals surface area contributed by atoms with Gasteiger partial charge in [-0.05, 0) is 26.8 Å². The fraction of sp³-hybridized carbons (Fsp3) is 0.571. The Morgan fingerprint density at radius 2 is 2.21 bits per heavy atom. The first-order valence-electron chi connectivity index (χ1n) is 6.61. The van der Waals surface area contributed by atoms with Crippen LogP contribution in [0.15, 0.2) is 12.1 Å². The maximum Gasteiger partial charge on any atom is 0.148 e. The number of nitrogens with two attached hydrogens (primary N) is 1. The highest BCUT2D eigenvalue weighted by Crippen LogP contribution is 2.30. The maximum absolute atomic E-state index is 13.9.